The summed E-state index contributed by atoms with van der Waals surface area (Å²) in [5.41, 5.74) is 8.75. The molecular formula is C14H20N4. The Labute approximate surface area is 107 Å². The first-order valence-corrected chi connectivity index (χ1v) is 6.63. The number of rotatable bonds is 2. The Morgan fingerprint density at radius 2 is 2.17 bits per heavy atom. The molecule has 18 heavy (non-hydrogen) atoms. The molecule has 1 aliphatic rings. The summed E-state index contributed by atoms with van der Waals surface area (Å²) in [4.78, 5) is 7.05. The van der Waals surface area contributed by atoms with Crippen LogP contribution in [0.5, 0.6) is 0 Å². The van der Waals surface area contributed by atoms with Gasteiger partial charge in [0.15, 0.2) is 5.65 Å². The van der Waals surface area contributed by atoms with Crippen molar-refractivity contribution in [2.24, 2.45) is 5.92 Å². The lowest BCUT2D eigenvalue weighted by molar-refractivity contribution is 0.218. The Morgan fingerprint density at radius 3 is 2.89 bits per heavy atom. The van der Waals surface area contributed by atoms with Gasteiger partial charge in [-0.05, 0) is 57.5 Å². The number of nitrogen functional groups attached to an aromatic ring is 1. The van der Waals surface area contributed by atoms with Crippen molar-refractivity contribution in [1.82, 2.24) is 14.3 Å². The van der Waals surface area contributed by atoms with Gasteiger partial charge in [0.25, 0.3) is 0 Å². The minimum Gasteiger partial charge on any atom is -0.396 e. The molecule has 2 N–H and O–H groups in total. The number of nitrogens with zero attached hydrogens (tertiary/aromatic N) is 3. The fourth-order valence-electron chi connectivity index (χ4n) is 2.75. The zero-order valence-corrected chi connectivity index (χ0v) is 10.8. The molecule has 0 unspecified atom stereocenters. The average Bonchev–Trinajstić information content (AvgIpc) is 2.76. The predicted octanol–water partition coefficient (Wildman–Crippen LogP) is 1.80. The lowest BCUT2D eigenvalue weighted by Gasteiger charge is -2.28. The van der Waals surface area contributed by atoms with E-state index in [1.807, 2.05) is 22.7 Å². The van der Waals surface area contributed by atoms with Crippen molar-refractivity contribution >= 4 is 11.3 Å². The Balaban J connectivity index is 1.77. The Bertz CT molecular complexity index is 538. The molecule has 0 bridgehead atoms. The number of imidazole rings is 1. The van der Waals surface area contributed by atoms with E-state index < -0.39 is 0 Å². The van der Waals surface area contributed by atoms with Crippen LogP contribution in [0.25, 0.3) is 5.65 Å². The largest absolute Gasteiger partial charge is 0.396 e. The molecule has 3 heterocycles. The molecule has 1 saturated heterocycles. The zero-order chi connectivity index (χ0) is 12.5. The third-order valence-electron chi connectivity index (χ3n) is 3.90. The predicted molar refractivity (Wildman–Crippen MR) is 73.5 cm³/mol. The van der Waals surface area contributed by atoms with Gasteiger partial charge in [0.2, 0.25) is 0 Å². The van der Waals surface area contributed by atoms with E-state index in [4.69, 9.17) is 5.73 Å². The number of hydrogen-bond donors (Lipinski definition) is 1. The number of hydrogen-bond acceptors (Lipinski definition) is 3. The van der Waals surface area contributed by atoms with Crippen molar-refractivity contribution in [1.29, 1.82) is 0 Å². The highest BCUT2D eigenvalue weighted by atomic mass is 15.1. The molecule has 96 valence electrons. The molecule has 1 fully saturated rings. The first kappa shape index (κ1) is 11.5. The van der Waals surface area contributed by atoms with Crippen LogP contribution in [0.1, 0.15) is 18.5 Å². The number of nitrogens with two attached hydrogens (primary N) is 1. The van der Waals surface area contributed by atoms with Gasteiger partial charge < -0.3 is 15.0 Å². The van der Waals surface area contributed by atoms with Gasteiger partial charge >= 0.3 is 0 Å². The van der Waals surface area contributed by atoms with E-state index >= 15 is 0 Å². The minimum atomic E-state index is 0.757. The van der Waals surface area contributed by atoms with Crippen LogP contribution in [0.3, 0.4) is 0 Å². The second-order valence-electron chi connectivity index (χ2n) is 5.38. The summed E-state index contributed by atoms with van der Waals surface area (Å²) >= 11 is 0. The highest BCUT2D eigenvalue weighted by molar-refractivity contribution is 5.64. The lowest BCUT2D eigenvalue weighted by Crippen LogP contribution is -2.30. The highest BCUT2D eigenvalue weighted by Crippen LogP contribution is 2.21. The fraction of sp³-hybridized carbons (Fsp3) is 0.500. The number of likely N-dealkylation sites (tertiary alicyclic amines) is 1. The molecule has 4 heteroatoms. The number of anilines is 1. The quantitative estimate of drug-likeness (QED) is 0.876. The Hall–Kier alpha value is -1.55. The number of aromatic nitrogens is 2. The van der Waals surface area contributed by atoms with E-state index in [2.05, 4.69) is 23.1 Å². The molecule has 0 aliphatic carbocycles. The van der Waals surface area contributed by atoms with Gasteiger partial charge in [-0.1, -0.05) is 0 Å². The summed E-state index contributed by atoms with van der Waals surface area (Å²) < 4.78 is 2.03. The van der Waals surface area contributed by atoms with Crippen LogP contribution in [0, 0.1) is 5.92 Å². The maximum Gasteiger partial charge on any atom is 0.160 e. The minimum absolute atomic E-state index is 0.757. The molecule has 2 aromatic rings. The van der Waals surface area contributed by atoms with Crippen molar-refractivity contribution in [3.05, 3.63) is 30.2 Å². The normalized spacial score (nSPS) is 18.5. The Morgan fingerprint density at radius 1 is 1.39 bits per heavy atom. The smallest absolute Gasteiger partial charge is 0.160 e. The van der Waals surface area contributed by atoms with Crippen LogP contribution in [-0.4, -0.2) is 34.4 Å². The van der Waals surface area contributed by atoms with E-state index in [0.29, 0.717) is 0 Å². The van der Waals surface area contributed by atoms with Gasteiger partial charge in [-0.25, -0.2) is 4.98 Å². The molecule has 0 aromatic carbocycles. The van der Waals surface area contributed by atoms with Crippen molar-refractivity contribution < 1.29 is 0 Å². The number of fused-ring (bicyclic) bond motifs is 1. The standard InChI is InChI=1S/C14H20N4/c1-17-7-4-11(5-8-17)9-12-10-18-6-2-3-13(15)14(18)16-12/h2-3,6,10-11H,4-5,7-9,15H2,1H3. The summed E-state index contributed by atoms with van der Waals surface area (Å²) in [6.45, 7) is 2.42. The first-order valence-electron chi connectivity index (χ1n) is 6.63. The first-order chi connectivity index (χ1) is 8.72. The van der Waals surface area contributed by atoms with Gasteiger partial charge in [0.1, 0.15) is 0 Å². The van der Waals surface area contributed by atoms with Crippen LogP contribution >= 0.6 is 0 Å². The fourth-order valence-corrected chi connectivity index (χ4v) is 2.75. The molecular weight excluding hydrogens is 224 g/mol. The molecule has 0 amide bonds. The third kappa shape index (κ3) is 2.20. The SMILES string of the molecule is CN1CCC(Cc2cn3cccc(N)c3n2)CC1. The van der Waals surface area contributed by atoms with Gasteiger partial charge in [-0.15, -0.1) is 0 Å². The molecule has 1 aliphatic heterocycles. The molecule has 0 atom stereocenters. The van der Waals surface area contributed by atoms with E-state index in [0.717, 1.165) is 23.7 Å². The topological polar surface area (TPSA) is 46.6 Å². The van der Waals surface area contributed by atoms with E-state index in [1.54, 1.807) is 0 Å². The van der Waals surface area contributed by atoms with Crippen molar-refractivity contribution in [2.45, 2.75) is 19.3 Å². The van der Waals surface area contributed by atoms with Gasteiger partial charge in [-0.2, -0.15) is 0 Å². The maximum absolute atomic E-state index is 5.93. The second-order valence-corrected chi connectivity index (χ2v) is 5.38. The number of piperidine rings is 1. The van der Waals surface area contributed by atoms with E-state index in [9.17, 15) is 0 Å². The van der Waals surface area contributed by atoms with Crippen LogP contribution in [0.4, 0.5) is 5.69 Å². The molecule has 4 nitrogen and oxygen atoms in total. The van der Waals surface area contributed by atoms with Crippen molar-refractivity contribution in [2.75, 3.05) is 25.9 Å². The summed E-state index contributed by atoms with van der Waals surface area (Å²) in [6, 6.07) is 3.87. The maximum atomic E-state index is 5.93. The summed E-state index contributed by atoms with van der Waals surface area (Å²) in [5, 5.41) is 0. The van der Waals surface area contributed by atoms with Crippen molar-refractivity contribution in [3.63, 3.8) is 0 Å². The van der Waals surface area contributed by atoms with E-state index in [-0.39, 0.29) is 0 Å². The molecule has 0 saturated carbocycles. The van der Waals surface area contributed by atoms with Gasteiger partial charge in [-0.3, -0.25) is 0 Å². The van der Waals surface area contributed by atoms with Crippen LogP contribution in [-0.2, 0) is 6.42 Å². The third-order valence-corrected chi connectivity index (χ3v) is 3.90. The zero-order valence-electron chi connectivity index (χ0n) is 10.8. The summed E-state index contributed by atoms with van der Waals surface area (Å²) in [7, 11) is 2.20. The molecule has 0 radical (unpaired) electrons. The van der Waals surface area contributed by atoms with Crippen molar-refractivity contribution in [3.8, 4) is 0 Å². The molecule has 3 rings (SSSR count). The Kier molecular flexibility index (Phi) is 2.96. The van der Waals surface area contributed by atoms with Gasteiger partial charge in [0.05, 0.1) is 11.4 Å². The van der Waals surface area contributed by atoms with Crippen LogP contribution in [0.2, 0.25) is 0 Å². The number of pyridine rings is 1. The van der Waals surface area contributed by atoms with Crippen LogP contribution < -0.4 is 5.73 Å². The van der Waals surface area contributed by atoms with E-state index in [1.165, 1.54) is 31.6 Å². The molecule has 2 aromatic heterocycles. The average molecular weight is 244 g/mol. The lowest BCUT2D eigenvalue weighted by atomic mass is 9.93. The highest BCUT2D eigenvalue weighted by Gasteiger charge is 2.18. The summed E-state index contributed by atoms with van der Waals surface area (Å²) in [5.74, 6) is 0.771. The summed E-state index contributed by atoms with van der Waals surface area (Å²) in [6.07, 6.45) is 7.76. The monoisotopic (exact) mass is 244 g/mol. The molecule has 0 spiro atoms. The second kappa shape index (κ2) is 4.61. The van der Waals surface area contributed by atoms with Crippen LogP contribution in [0.15, 0.2) is 24.5 Å². The van der Waals surface area contributed by atoms with Gasteiger partial charge in [0, 0.05) is 12.4 Å².